The fourth-order valence-corrected chi connectivity index (χ4v) is 1.33. The van der Waals surface area contributed by atoms with Crippen molar-refractivity contribution in [3.05, 3.63) is 29.8 Å². The van der Waals surface area contributed by atoms with Gasteiger partial charge in [0.25, 0.3) is 0 Å². The summed E-state index contributed by atoms with van der Waals surface area (Å²) in [4.78, 5) is 22.4. The fourth-order valence-electron chi connectivity index (χ4n) is 1.33. The van der Waals surface area contributed by atoms with Gasteiger partial charge in [0.1, 0.15) is 0 Å². The van der Waals surface area contributed by atoms with Crippen LogP contribution in [-0.4, -0.2) is 18.5 Å². The van der Waals surface area contributed by atoms with Gasteiger partial charge in [0.2, 0.25) is 0 Å². The Morgan fingerprint density at radius 2 is 1.82 bits per heavy atom. The molecule has 1 aromatic carbocycles. The normalized spacial score (nSPS) is 10.1. The van der Waals surface area contributed by atoms with E-state index in [1.165, 1.54) is 5.56 Å². The molecule has 0 heterocycles. The van der Waals surface area contributed by atoms with E-state index in [-0.39, 0.29) is 6.61 Å². The molecule has 1 rings (SSSR count). The van der Waals surface area contributed by atoms with Crippen LogP contribution >= 0.6 is 0 Å². The molecule has 0 bridgehead atoms. The molecule has 4 heteroatoms. The SMILES string of the molecule is CCOC(=O)C(=O)Nc1ccc(C(C)C)cc1. The molecule has 0 aliphatic carbocycles. The fraction of sp³-hybridized carbons (Fsp3) is 0.385. The lowest BCUT2D eigenvalue weighted by Crippen LogP contribution is -2.24. The number of amides is 1. The molecule has 0 aliphatic rings. The van der Waals surface area contributed by atoms with Crippen molar-refractivity contribution in [3.63, 3.8) is 0 Å². The molecule has 4 nitrogen and oxygen atoms in total. The van der Waals surface area contributed by atoms with Crippen LogP contribution in [0.4, 0.5) is 5.69 Å². The highest BCUT2D eigenvalue weighted by atomic mass is 16.5. The highest BCUT2D eigenvalue weighted by Gasteiger charge is 2.14. The molecule has 0 saturated heterocycles. The number of rotatable bonds is 3. The van der Waals surface area contributed by atoms with E-state index in [2.05, 4.69) is 23.9 Å². The molecule has 0 spiro atoms. The summed E-state index contributed by atoms with van der Waals surface area (Å²) in [6.07, 6.45) is 0. The minimum atomic E-state index is -0.861. The van der Waals surface area contributed by atoms with Crippen molar-refractivity contribution in [2.24, 2.45) is 0 Å². The quantitative estimate of drug-likeness (QED) is 0.646. The number of carbonyl (C=O) groups is 2. The van der Waals surface area contributed by atoms with Gasteiger partial charge < -0.3 is 10.1 Å². The first kappa shape index (κ1) is 13.2. The molecule has 0 aromatic heterocycles. The average Bonchev–Trinajstić information content (AvgIpc) is 2.30. The summed E-state index contributed by atoms with van der Waals surface area (Å²) in [6.45, 7) is 6.03. The molecule has 0 aliphatic heterocycles. The van der Waals surface area contributed by atoms with Gasteiger partial charge in [-0.05, 0) is 30.5 Å². The predicted molar refractivity (Wildman–Crippen MR) is 65.8 cm³/mol. The summed E-state index contributed by atoms with van der Waals surface area (Å²) in [5.41, 5.74) is 1.77. The van der Waals surface area contributed by atoms with Crippen molar-refractivity contribution in [2.75, 3.05) is 11.9 Å². The van der Waals surface area contributed by atoms with E-state index in [9.17, 15) is 9.59 Å². The zero-order valence-electron chi connectivity index (χ0n) is 10.3. The maximum atomic E-state index is 11.3. The van der Waals surface area contributed by atoms with E-state index >= 15 is 0 Å². The summed E-state index contributed by atoms with van der Waals surface area (Å²) < 4.78 is 4.59. The van der Waals surface area contributed by atoms with Gasteiger partial charge in [0.05, 0.1) is 6.61 Å². The van der Waals surface area contributed by atoms with Gasteiger partial charge in [0.15, 0.2) is 0 Å². The maximum Gasteiger partial charge on any atom is 0.397 e. The zero-order valence-corrected chi connectivity index (χ0v) is 10.3. The molecule has 0 atom stereocenters. The van der Waals surface area contributed by atoms with Gasteiger partial charge in [-0.3, -0.25) is 4.79 Å². The minimum Gasteiger partial charge on any atom is -0.459 e. The summed E-state index contributed by atoms with van der Waals surface area (Å²) >= 11 is 0. The topological polar surface area (TPSA) is 55.4 Å². The van der Waals surface area contributed by atoms with Crippen molar-refractivity contribution in [2.45, 2.75) is 26.7 Å². The first-order valence-electron chi connectivity index (χ1n) is 5.62. The first-order chi connectivity index (χ1) is 8.04. The van der Waals surface area contributed by atoms with Crippen molar-refractivity contribution < 1.29 is 14.3 Å². The Hall–Kier alpha value is -1.84. The maximum absolute atomic E-state index is 11.3. The second-order valence-electron chi connectivity index (χ2n) is 3.95. The molecular formula is C13H17NO3. The molecule has 0 saturated carbocycles. The van der Waals surface area contributed by atoms with Crippen LogP contribution in [0.2, 0.25) is 0 Å². The molecule has 17 heavy (non-hydrogen) atoms. The van der Waals surface area contributed by atoms with Gasteiger partial charge in [-0.25, -0.2) is 4.79 Å². The van der Waals surface area contributed by atoms with Crippen LogP contribution < -0.4 is 5.32 Å². The number of benzene rings is 1. The van der Waals surface area contributed by atoms with Crippen LogP contribution in [0, 0.1) is 0 Å². The monoisotopic (exact) mass is 235 g/mol. The number of nitrogens with one attached hydrogen (secondary N) is 1. The summed E-state index contributed by atoms with van der Waals surface area (Å²) in [5, 5.41) is 2.48. The van der Waals surface area contributed by atoms with Crippen molar-refractivity contribution in [3.8, 4) is 0 Å². The molecule has 1 aromatic rings. The first-order valence-corrected chi connectivity index (χ1v) is 5.62. The predicted octanol–water partition coefficient (Wildman–Crippen LogP) is 2.31. The molecule has 1 N–H and O–H groups in total. The third kappa shape index (κ3) is 3.90. The zero-order chi connectivity index (χ0) is 12.8. The number of carbonyl (C=O) groups excluding carboxylic acids is 2. The summed E-state index contributed by atoms with van der Waals surface area (Å²) in [5.74, 6) is -1.17. The number of hydrogen-bond donors (Lipinski definition) is 1. The Morgan fingerprint density at radius 3 is 2.29 bits per heavy atom. The van der Waals surface area contributed by atoms with Gasteiger partial charge in [-0.2, -0.15) is 0 Å². The van der Waals surface area contributed by atoms with E-state index < -0.39 is 11.9 Å². The Bertz CT molecular complexity index is 396. The molecule has 0 radical (unpaired) electrons. The largest absolute Gasteiger partial charge is 0.459 e. The smallest absolute Gasteiger partial charge is 0.397 e. The molecule has 0 unspecified atom stereocenters. The molecule has 92 valence electrons. The van der Waals surface area contributed by atoms with Crippen molar-refractivity contribution in [1.29, 1.82) is 0 Å². The Balaban J connectivity index is 2.63. The number of anilines is 1. The van der Waals surface area contributed by atoms with E-state index in [0.717, 1.165) is 0 Å². The lowest BCUT2D eigenvalue weighted by atomic mass is 10.0. The Morgan fingerprint density at radius 1 is 1.24 bits per heavy atom. The summed E-state index contributed by atoms with van der Waals surface area (Å²) in [6, 6.07) is 7.38. The van der Waals surface area contributed by atoms with Crippen LogP contribution in [0.5, 0.6) is 0 Å². The van der Waals surface area contributed by atoms with Gasteiger partial charge in [0, 0.05) is 5.69 Å². The van der Waals surface area contributed by atoms with Crippen LogP contribution in [0.25, 0.3) is 0 Å². The summed E-state index contributed by atoms with van der Waals surface area (Å²) in [7, 11) is 0. The van der Waals surface area contributed by atoms with E-state index in [0.29, 0.717) is 11.6 Å². The van der Waals surface area contributed by atoms with Crippen LogP contribution in [0.15, 0.2) is 24.3 Å². The average molecular weight is 235 g/mol. The third-order valence-corrected chi connectivity index (χ3v) is 2.30. The van der Waals surface area contributed by atoms with Crippen molar-refractivity contribution in [1.82, 2.24) is 0 Å². The molecular weight excluding hydrogens is 218 g/mol. The van der Waals surface area contributed by atoms with Gasteiger partial charge >= 0.3 is 11.9 Å². The number of ether oxygens (including phenoxy) is 1. The number of hydrogen-bond acceptors (Lipinski definition) is 3. The van der Waals surface area contributed by atoms with Gasteiger partial charge in [-0.1, -0.05) is 26.0 Å². The minimum absolute atomic E-state index is 0.193. The van der Waals surface area contributed by atoms with Crippen LogP contribution in [0.1, 0.15) is 32.3 Å². The van der Waals surface area contributed by atoms with E-state index in [1.807, 2.05) is 12.1 Å². The lowest BCUT2D eigenvalue weighted by Gasteiger charge is -2.07. The molecule has 1 amide bonds. The van der Waals surface area contributed by atoms with Crippen LogP contribution in [0.3, 0.4) is 0 Å². The van der Waals surface area contributed by atoms with E-state index in [4.69, 9.17) is 0 Å². The second-order valence-corrected chi connectivity index (χ2v) is 3.95. The standard InChI is InChI=1S/C13H17NO3/c1-4-17-13(16)12(15)14-11-7-5-10(6-8-11)9(2)3/h5-9H,4H2,1-3H3,(H,14,15). The lowest BCUT2D eigenvalue weighted by molar-refractivity contribution is -0.152. The van der Waals surface area contributed by atoms with E-state index in [1.54, 1.807) is 19.1 Å². The third-order valence-electron chi connectivity index (χ3n) is 2.30. The Kier molecular flexibility index (Phi) is 4.69. The van der Waals surface area contributed by atoms with Gasteiger partial charge in [-0.15, -0.1) is 0 Å². The highest BCUT2D eigenvalue weighted by Crippen LogP contribution is 2.16. The highest BCUT2D eigenvalue weighted by molar-refractivity contribution is 6.37. The number of esters is 1. The molecule has 0 fully saturated rings. The van der Waals surface area contributed by atoms with Crippen molar-refractivity contribution >= 4 is 17.6 Å². The Labute approximate surface area is 101 Å². The van der Waals surface area contributed by atoms with Crippen LogP contribution in [-0.2, 0) is 14.3 Å². The second kappa shape index (κ2) is 6.03.